The third-order valence-electron chi connectivity index (χ3n) is 4.19. The first-order valence-corrected chi connectivity index (χ1v) is 8.61. The first-order valence-electron chi connectivity index (χ1n) is 7.79. The van der Waals surface area contributed by atoms with Crippen LogP contribution in [-0.2, 0) is 7.05 Å². The van der Waals surface area contributed by atoms with Crippen molar-refractivity contribution in [2.75, 3.05) is 25.8 Å². The molecule has 0 aliphatic carbocycles. The summed E-state index contributed by atoms with van der Waals surface area (Å²) >= 11 is 1.75. The van der Waals surface area contributed by atoms with Crippen LogP contribution < -0.4 is 42.9 Å². The number of hydrogen-bond acceptors (Lipinski definition) is 4. The van der Waals surface area contributed by atoms with E-state index in [0.717, 1.165) is 17.0 Å². The summed E-state index contributed by atoms with van der Waals surface area (Å²) < 4.78 is 14.3. The van der Waals surface area contributed by atoms with E-state index in [1.807, 2.05) is 14.1 Å². The van der Waals surface area contributed by atoms with Crippen LogP contribution in [0.5, 0.6) is 11.5 Å². The summed E-state index contributed by atoms with van der Waals surface area (Å²) in [5, 5.41) is 1.19. The van der Waals surface area contributed by atoms with E-state index in [2.05, 4.69) is 65.1 Å². The number of nitrogens with zero attached hydrogens (tertiary/aromatic N) is 2. The molecular formula is C19H19IN2O2S. The molecule has 25 heavy (non-hydrogen) atoms. The zero-order chi connectivity index (χ0) is 16.7. The van der Waals surface area contributed by atoms with Gasteiger partial charge in [0.25, 0.3) is 5.01 Å². The summed E-state index contributed by atoms with van der Waals surface area (Å²) in [5.41, 5.74) is 3.55. The van der Waals surface area contributed by atoms with E-state index in [0.29, 0.717) is 6.79 Å². The van der Waals surface area contributed by atoms with Gasteiger partial charge in [-0.3, -0.25) is 0 Å². The predicted octanol–water partition coefficient (Wildman–Crippen LogP) is 0.695. The molecule has 3 aromatic rings. The summed E-state index contributed by atoms with van der Waals surface area (Å²) in [6, 6.07) is 12.6. The molecule has 0 saturated carbocycles. The van der Waals surface area contributed by atoms with Gasteiger partial charge >= 0.3 is 0 Å². The molecule has 130 valence electrons. The van der Waals surface area contributed by atoms with Gasteiger partial charge in [0, 0.05) is 31.9 Å². The second-order valence-electron chi connectivity index (χ2n) is 5.99. The Morgan fingerprint density at radius 1 is 1.04 bits per heavy atom. The van der Waals surface area contributed by atoms with Crippen molar-refractivity contribution < 1.29 is 38.0 Å². The van der Waals surface area contributed by atoms with Crippen molar-refractivity contribution in [1.29, 1.82) is 0 Å². The van der Waals surface area contributed by atoms with Crippen LogP contribution in [0.2, 0.25) is 0 Å². The van der Waals surface area contributed by atoms with Crippen molar-refractivity contribution in [3.8, 4) is 11.5 Å². The topological polar surface area (TPSA) is 25.6 Å². The number of halogens is 1. The van der Waals surface area contributed by atoms with E-state index in [9.17, 15) is 0 Å². The molecule has 0 saturated heterocycles. The van der Waals surface area contributed by atoms with Gasteiger partial charge in [0.2, 0.25) is 12.3 Å². The van der Waals surface area contributed by atoms with Crippen molar-refractivity contribution in [1.82, 2.24) is 0 Å². The van der Waals surface area contributed by atoms with Crippen molar-refractivity contribution >= 4 is 39.4 Å². The molecule has 0 N–H and O–H groups in total. The van der Waals surface area contributed by atoms with Crippen LogP contribution in [0.4, 0.5) is 5.69 Å². The van der Waals surface area contributed by atoms with E-state index >= 15 is 0 Å². The molecule has 6 heteroatoms. The maximum absolute atomic E-state index is 5.48. The van der Waals surface area contributed by atoms with Crippen LogP contribution in [0.1, 0.15) is 10.6 Å². The van der Waals surface area contributed by atoms with Gasteiger partial charge in [-0.25, -0.2) is 0 Å². The largest absolute Gasteiger partial charge is 1.00 e. The summed E-state index contributed by atoms with van der Waals surface area (Å²) in [7, 11) is 6.18. The number of anilines is 1. The number of ether oxygens (including phenoxy) is 2. The molecule has 4 rings (SSSR count). The van der Waals surface area contributed by atoms with Crippen LogP contribution >= 0.6 is 11.3 Å². The lowest BCUT2D eigenvalue weighted by atomic mass is 10.2. The molecule has 0 fully saturated rings. The van der Waals surface area contributed by atoms with Crippen molar-refractivity contribution in [2.45, 2.75) is 0 Å². The smallest absolute Gasteiger partial charge is 0.262 e. The predicted molar refractivity (Wildman–Crippen MR) is 98.8 cm³/mol. The highest BCUT2D eigenvalue weighted by atomic mass is 127. The van der Waals surface area contributed by atoms with Crippen molar-refractivity contribution in [3.63, 3.8) is 0 Å². The number of fused-ring (bicyclic) bond motifs is 2. The molecule has 1 aliphatic rings. The summed E-state index contributed by atoms with van der Waals surface area (Å²) in [6.07, 6.45) is 4.30. The Morgan fingerprint density at radius 2 is 1.72 bits per heavy atom. The molecule has 0 bridgehead atoms. The number of benzene rings is 2. The van der Waals surface area contributed by atoms with Gasteiger partial charge < -0.3 is 38.4 Å². The lowest BCUT2D eigenvalue weighted by Gasteiger charge is -2.11. The van der Waals surface area contributed by atoms with Gasteiger partial charge in [0.1, 0.15) is 11.7 Å². The van der Waals surface area contributed by atoms with E-state index in [1.54, 1.807) is 11.3 Å². The first-order chi connectivity index (χ1) is 11.6. The minimum absolute atomic E-state index is 0. The van der Waals surface area contributed by atoms with E-state index in [4.69, 9.17) is 9.47 Å². The summed E-state index contributed by atoms with van der Waals surface area (Å²) in [6.45, 7) is 0.312. The number of aryl methyl sites for hydroxylation is 1. The van der Waals surface area contributed by atoms with Crippen molar-refractivity contribution in [2.24, 2.45) is 7.05 Å². The van der Waals surface area contributed by atoms with E-state index < -0.39 is 0 Å². The molecule has 0 atom stereocenters. The third-order valence-corrected chi connectivity index (χ3v) is 5.35. The Hall–Kier alpha value is -1.80. The molecule has 1 aliphatic heterocycles. The second-order valence-corrected chi connectivity index (χ2v) is 7.05. The highest BCUT2D eigenvalue weighted by Gasteiger charge is 2.22. The van der Waals surface area contributed by atoms with Crippen LogP contribution in [-0.4, -0.2) is 20.9 Å². The Bertz CT molecular complexity index is 933. The molecular weight excluding hydrogens is 447 g/mol. The Labute approximate surface area is 168 Å². The van der Waals surface area contributed by atoms with Crippen LogP contribution in [0.25, 0.3) is 22.4 Å². The summed E-state index contributed by atoms with van der Waals surface area (Å²) in [4.78, 5) is 2.10. The van der Waals surface area contributed by atoms with Gasteiger partial charge in [0.15, 0.2) is 11.5 Å². The van der Waals surface area contributed by atoms with Gasteiger partial charge in [-0.1, -0.05) is 23.5 Å². The number of thiazole rings is 1. The van der Waals surface area contributed by atoms with E-state index in [1.165, 1.54) is 21.0 Å². The lowest BCUT2D eigenvalue weighted by molar-refractivity contribution is -0.642. The lowest BCUT2D eigenvalue weighted by Crippen LogP contribution is -3.00. The number of rotatable bonds is 3. The average Bonchev–Trinajstić information content (AvgIpc) is 3.16. The van der Waals surface area contributed by atoms with Gasteiger partial charge in [-0.15, -0.1) is 0 Å². The standard InChI is InChI=1S/C19H19N2O2S.HI/c1-20(2)14-7-4-13(5-8-14)6-9-19-21(3)15-10-16-17(23-12-22-16)11-18(15)24-19;/h4-11H,12H2,1-3H3;1H/q+1;/p-1. The quantitative estimate of drug-likeness (QED) is 0.420. The van der Waals surface area contributed by atoms with Crippen LogP contribution in [0, 0.1) is 0 Å². The highest BCUT2D eigenvalue weighted by Crippen LogP contribution is 2.37. The SMILES string of the molecule is CN(C)c1ccc(/C=C/c2sc3cc4c(cc3[n+]2C)OCO4)cc1.[I-]. The molecule has 0 spiro atoms. The second kappa shape index (κ2) is 7.21. The fourth-order valence-corrected chi connectivity index (χ4v) is 3.82. The minimum Gasteiger partial charge on any atom is -1.00 e. The highest BCUT2D eigenvalue weighted by molar-refractivity contribution is 7.18. The Balaban J connectivity index is 0.00000182. The maximum atomic E-state index is 5.48. The van der Waals surface area contributed by atoms with Crippen LogP contribution in [0.15, 0.2) is 36.4 Å². The molecule has 2 aromatic carbocycles. The van der Waals surface area contributed by atoms with Gasteiger partial charge in [-0.05, 0) is 23.8 Å². The monoisotopic (exact) mass is 466 g/mol. The average molecular weight is 466 g/mol. The maximum Gasteiger partial charge on any atom is 0.262 e. The third kappa shape index (κ3) is 3.46. The van der Waals surface area contributed by atoms with Gasteiger partial charge in [0.05, 0.1) is 6.07 Å². The molecule has 2 heterocycles. The first kappa shape index (κ1) is 18.0. The Morgan fingerprint density at radius 3 is 2.40 bits per heavy atom. The molecule has 4 nitrogen and oxygen atoms in total. The number of aromatic nitrogens is 1. The van der Waals surface area contributed by atoms with Crippen molar-refractivity contribution in [3.05, 3.63) is 47.0 Å². The minimum atomic E-state index is 0. The Kier molecular flexibility index (Phi) is 5.19. The molecule has 0 unspecified atom stereocenters. The summed E-state index contributed by atoms with van der Waals surface area (Å²) in [5.74, 6) is 1.66. The zero-order valence-electron chi connectivity index (χ0n) is 14.3. The normalized spacial score (nSPS) is 12.6. The molecule has 1 aromatic heterocycles. The van der Waals surface area contributed by atoms with E-state index in [-0.39, 0.29) is 24.0 Å². The zero-order valence-corrected chi connectivity index (χ0v) is 17.3. The number of hydrogen-bond donors (Lipinski definition) is 0. The van der Waals surface area contributed by atoms with Gasteiger partial charge in [-0.2, -0.15) is 4.57 Å². The fourth-order valence-electron chi connectivity index (χ4n) is 2.75. The fraction of sp³-hybridized carbons (Fsp3) is 0.211. The van der Waals surface area contributed by atoms with Crippen LogP contribution in [0.3, 0.4) is 0 Å². The molecule has 0 radical (unpaired) electrons. The molecule has 0 amide bonds.